The smallest absolute Gasteiger partial charge is 0.221 e. The van der Waals surface area contributed by atoms with Crippen LogP contribution < -0.4 is 15.5 Å². The normalized spacial score (nSPS) is 14.4. The van der Waals surface area contributed by atoms with Crippen LogP contribution in [-0.4, -0.2) is 42.2 Å². The predicted octanol–water partition coefficient (Wildman–Crippen LogP) is 2.02. The van der Waals surface area contributed by atoms with Crippen molar-refractivity contribution in [3.8, 4) is 0 Å². The van der Waals surface area contributed by atoms with Crippen LogP contribution in [0.5, 0.6) is 0 Å². The molecule has 1 aliphatic rings. The highest BCUT2D eigenvalue weighted by Crippen LogP contribution is 2.20. The van der Waals surface area contributed by atoms with Crippen molar-refractivity contribution in [1.29, 1.82) is 0 Å². The molecule has 3 rings (SSSR count). The highest BCUT2D eigenvalue weighted by Gasteiger charge is 2.13. The van der Waals surface area contributed by atoms with Crippen molar-refractivity contribution in [3.05, 3.63) is 36.7 Å². The van der Waals surface area contributed by atoms with Crippen molar-refractivity contribution in [3.63, 3.8) is 0 Å². The van der Waals surface area contributed by atoms with Gasteiger partial charge in [-0.15, -0.1) is 0 Å². The number of rotatable bonds is 4. The third-order valence-corrected chi connectivity index (χ3v) is 3.47. The Bertz CT molecular complexity index is 668. The summed E-state index contributed by atoms with van der Waals surface area (Å²) in [5.74, 6) is 1.53. The standard InChI is InChI=1S/C16H19N5O2/c1-12(22)19-13-2-4-14(5-3-13)20-15-10-16(18-11-17-15)21-6-8-23-9-7-21/h2-5,10-11H,6-9H2,1H3,(H,19,22)(H,17,18,20). The molecule has 0 unspecified atom stereocenters. The molecule has 120 valence electrons. The van der Waals surface area contributed by atoms with Crippen LogP contribution in [0, 0.1) is 0 Å². The maximum atomic E-state index is 11.0. The number of hydrogen-bond donors (Lipinski definition) is 2. The Labute approximate surface area is 134 Å². The second-order valence-electron chi connectivity index (χ2n) is 5.24. The number of anilines is 4. The molecule has 2 aromatic rings. The number of ether oxygens (including phenoxy) is 1. The molecule has 1 fully saturated rings. The number of nitrogens with zero attached hydrogens (tertiary/aromatic N) is 3. The molecular formula is C16H19N5O2. The zero-order chi connectivity index (χ0) is 16.1. The van der Waals surface area contributed by atoms with Gasteiger partial charge in [0.15, 0.2) is 0 Å². The van der Waals surface area contributed by atoms with Gasteiger partial charge in [-0.3, -0.25) is 4.79 Å². The third-order valence-electron chi connectivity index (χ3n) is 3.47. The van der Waals surface area contributed by atoms with Gasteiger partial charge in [0.1, 0.15) is 18.0 Å². The molecule has 7 nitrogen and oxygen atoms in total. The number of hydrogen-bond acceptors (Lipinski definition) is 6. The molecule has 0 atom stereocenters. The summed E-state index contributed by atoms with van der Waals surface area (Å²) in [6.07, 6.45) is 1.55. The maximum Gasteiger partial charge on any atom is 0.221 e. The van der Waals surface area contributed by atoms with Crippen LogP contribution in [0.1, 0.15) is 6.92 Å². The molecule has 1 saturated heterocycles. The van der Waals surface area contributed by atoms with Crippen LogP contribution in [0.15, 0.2) is 36.7 Å². The zero-order valence-electron chi connectivity index (χ0n) is 13.0. The van der Waals surface area contributed by atoms with Gasteiger partial charge in [0.05, 0.1) is 13.2 Å². The molecule has 0 saturated carbocycles. The Morgan fingerprint density at radius 2 is 1.83 bits per heavy atom. The van der Waals surface area contributed by atoms with Gasteiger partial charge in [-0.2, -0.15) is 0 Å². The first-order valence-corrected chi connectivity index (χ1v) is 7.50. The van der Waals surface area contributed by atoms with Gasteiger partial charge in [-0.05, 0) is 24.3 Å². The summed E-state index contributed by atoms with van der Waals surface area (Å²) in [5.41, 5.74) is 1.66. The summed E-state index contributed by atoms with van der Waals surface area (Å²) in [4.78, 5) is 21.8. The molecule has 2 N–H and O–H groups in total. The Kier molecular flexibility index (Phi) is 4.68. The van der Waals surface area contributed by atoms with E-state index in [1.165, 1.54) is 6.92 Å². The molecule has 23 heavy (non-hydrogen) atoms. The number of benzene rings is 1. The highest BCUT2D eigenvalue weighted by molar-refractivity contribution is 5.88. The van der Waals surface area contributed by atoms with Gasteiger partial charge >= 0.3 is 0 Å². The molecule has 7 heteroatoms. The molecule has 2 heterocycles. The highest BCUT2D eigenvalue weighted by atomic mass is 16.5. The summed E-state index contributed by atoms with van der Waals surface area (Å²) in [6.45, 7) is 4.60. The summed E-state index contributed by atoms with van der Waals surface area (Å²) >= 11 is 0. The Morgan fingerprint density at radius 1 is 1.13 bits per heavy atom. The Balaban J connectivity index is 1.68. The van der Waals surface area contributed by atoms with Gasteiger partial charge in [0.2, 0.25) is 5.91 Å². The lowest BCUT2D eigenvalue weighted by Crippen LogP contribution is -2.36. The maximum absolute atomic E-state index is 11.0. The number of morpholine rings is 1. The third kappa shape index (κ3) is 4.17. The monoisotopic (exact) mass is 313 g/mol. The van der Waals surface area contributed by atoms with Crippen LogP contribution >= 0.6 is 0 Å². The van der Waals surface area contributed by atoms with Gasteiger partial charge in [-0.25, -0.2) is 9.97 Å². The Hall–Kier alpha value is -2.67. The van der Waals surface area contributed by atoms with Crippen LogP contribution in [0.2, 0.25) is 0 Å². The predicted molar refractivity (Wildman–Crippen MR) is 89.1 cm³/mol. The van der Waals surface area contributed by atoms with E-state index in [4.69, 9.17) is 4.74 Å². The summed E-state index contributed by atoms with van der Waals surface area (Å²) in [5, 5.41) is 5.98. The lowest BCUT2D eigenvalue weighted by molar-refractivity contribution is -0.114. The fourth-order valence-electron chi connectivity index (χ4n) is 2.37. The van der Waals surface area contributed by atoms with E-state index in [0.29, 0.717) is 0 Å². The molecule has 1 aromatic carbocycles. The molecule has 1 aromatic heterocycles. The first-order chi connectivity index (χ1) is 11.2. The molecule has 0 spiro atoms. The van der Waals surface area contributed by atoms with E-state index in [-0.39, 0.29) is 5.91 Å². The quantitative estimate of drug-likeness (QED) is 0.899. The fraction of sp³-hybridized carbons (Fsp3) is 0.312. The first kappa shape index (κ1) is 15.2. The summed E-state index contributed by atoms with van der Waals surface area (Å²) in [6, 6.07) is 9.39. The van der Waals surface area contributed by atoms with Gasteiger partial charge in [0.25, 0.3) is 0 Å². The number of nitrogens with one attached hydrogen (secondary N) is 2. The van der Waals surface area contributed by atoms with Gasteiger partial charge < -0.3 is 20.3 Å². The van der Waals surface area contributed by atoms with Gasteiger partial charge in [-0.1, -0.05) is 0 Å². The van der Waals surface area contributed by atoms with E-state index in [0.717, 1.165) is 49.3 Å². The second kappa shape index (κ2) is 7.06. The van der Waals surface area contributed by atoms with Crippen molar-refractivity contribution in [2.75, 3.05) is 41.8 Å². The average molecular weight is 313 g/mol. The van der Waals surface area contributed by atoms with Crippen LogP contribution in [0.25, 0.3) is 0 Å². The number of aromatic nitrogens is 2. The first-order valence-electron chi connectivity index (χ1n) is 7.50. The lowest BCUT2D eigenvalue weighted by atomic mass is 10.2. The lowest BCUT2D eigenvalue weighted by Gasteiger charge is -2.27. The van der Waals surface area contributed by atoms with Crippen molar-refractivity contribution < 1.29 is 9.53 Å². The van der Waals surface area contributed by atoms with E-state index in [1.807, 2.05) is 30.3 Å². The van der Waals surface area contributed by atoms with Crippen molar-refractivity contribution in [2.45, 2.75) is 6.92 Å². The number of carbonyl (C=O) groups is 1. The van der Waals surface area contributed by atoms with E-state index < -0.39 is 0 Å². The van der Waals surface area contributed by atoms with Crippen LogP contribution in [-0.2, 0) is 9.53 Å². The van der Waals surface area contributed by atoms with E-state index in [9.17, 15) is 4.79 Å². The molecule has 1 amide bonds. The number of amides is 1. The minimum Gasteiger partial charge on any atom is -0.378 e. The van der Waals surface area contributed by atoms with Crippen molar-refractivity contribution in [2.24, 2.45) is 0 Å². The molecule has 0 bridgehead atoms. The second-order valence-corrected chi connectivity index (χ2v) is 5.24. The van der Waals surface area contributed by atoms with Crippen LogP contribution in [0.3, 0.4) is 0 Å². The number of carbonyl (C=O) groups excluding carboxylic acids is 1. The minimum atomic E-state index is -0.0864. The van der Waals surface area contributed by atoms with E-state index >= 15 is 0 Å². The van der Waals surface area contributed by atoms with Crippen molar-refractivity contribution >= 4 is 28.9 Å². The molecule has 1 aliphatic heterocycles. The van der Waals surface area contributed by atoms with E-state index in [2.05, 4.69) is 25.5 Å². The summed E-state index contributed by atoms with van der Waals surface area (Å²) in [7, 11) is 0. The van der Waals surface area contributed by atoms with E-state index in [1.54, 1.807) is 6.33 Å². The van der Waals surface area contributed by atoms with Gasteiger partial charge in [0, 0.05) is 37.5 Å². The zero-order valence-corrected chi connectivity index (χ0v) is 13.0. The SMILES string of the molecule is CC(=O)Nc1ccc(Nc2cc(N3CCOCC3)ncn2)cc1. The Morgan fingerprint density at radius 3 is 2.52 bits per heavy atom. The summed E-state index contributed by atoms with van der Waals surface area (Å²) < 4.78 is 5.36. The largest absolute Gasteiger partial charge is 0.378 e. The minimum absolute atomic E-state index is 0.0864. The fourth-order valence-corrected chi connectivity index (χ4v) is 2.37. The molecule has 0 aliphatic carbocycles. The molecular weight excluding hydrogens is 294 g/mol. The average Bonchev–Trinajstić information content (AvgIpc) is 2.57. The topological polar surface area (TPSA) is 79.4 Å². The molecule has 0 radical (unpaired) electrons. The van der Waals surface area contributed by atoms with Crippen LogP contribution in [0.4, 0.5) is 23.0 Å². The van der Waals surface area contributed by atoms with Crippen molar-refractivity contribution in [1.82, 2.24) is 9.97 Å².